The first kappa shape index (κ1) is 11.9. The van der Waals surface area contributed by atoms with Gasteiger partial charge < -0.3 is 9.47 Å². The van der Waals surface area contributed by atoms with Gasteiger partial charge in [0.15, 0.2) is 0 Å². The Labute approximate surface area is 76.3 Å². The lowest BCUT2D eigenvalue weighted by Crippen LogP contribution is -1.90. The lowest BCUT2D eigenvalue weighted by atomic mass is 10.1. The highest BCUT2D eigenvalue weighted by atomic mass is 16.5. The Morgan fingerprint density at radius 2 is 0.917 bits per heavy atom. The summed E-state index contributed by atoms with van der Waals surface area (Å²) in [5.41, 5.74) is 0. The van der Waals surface area contributed by atoms with Crippen LogP contribution in [0.5, 0.6) is 0 Å². The van der Waals surface area contributed by atoms with Crippen LogP contribution in [0.4, 0.5) is 0 Å². The van der Waals surface area contributed by atoms with Crippen LogP contribution < -0.4 is 0 Å². The molecule has 0 spiro atoms. The number of unbranched alkanes of at least 4 members (excludes halogenated alkanes) is 5. The highest BCUT2D eigenvalue weighted by Crippen LogP contribution is 2.05. The quantitative estimate of drug-likeness (QED) is 0.500. The Kier molecular flexibility index (Phi) is 10.8. The lowest BCUT2D eigenvalue weighted by molar-refractivity contribution is 0.188. The van der Waals surface area contributed by atoms with Gasteiger partial charge in [-0.05, 0) is 12.8 Å². The lowest BCUT2D eigenvalue weighted by Gasteiger charge is -2.00. The van der Waals surface area contributed by atoms with E-state index in [0.29, 0.717) is 0 Å². The Balaban J connectivity index is 2.73. The van der Waals surface area contributed by atoms with Gasteiger partial charge in [0.2, 0.25) is 0 Å². The molecule has 0 heterocycles. The van der Waals surface area contributed by atoms with E-state index in [9.17, 15) is 0 Å². The fourth-order valence-corrected chi connectivity index (χ4v) is 1.20. The van der Waals surface area contributed by atoms with Gasteiger partial charge in [-0.1, -0.05) is 25.7 Å². The van der Waals surface area contributed by atoms with Gasteiger partial charge >= 0.3 is 0 Å². The van der Waals surface area contributed by atoms with Crippen LogP contribution in [0.3, 0.4) is 0 Å². The van der Waals surface area contributed by atoms with Gasteiger partial charge in [-0.15, -0.1) is 0 Å². The van der Waals surface area contributed by atoms with Crippen molar-refractivity contribution in [1.29, 1.82) is 0 Å². The first-order valence-corrected chi connectivity index (χ1v) is 4.89. The molecule has 0 unspecified atom stereocenters. The normalized spacial score (nSPS) is 10.5. The van der Waals surface area contributed by atoms with E-state index < -0.39 is 0 Å². The summed E-state index contributed by atoms with van der Waals surface area (Å²) in [4.78, 5) is 0. The van der Waals surface area contributed by atoms with Crippen LogP contribution in [0.15, 0.2) is 0 Å². The zero-order valence-corrected chi connectivity index (χ0v) is 8.47. The highest BCUT2D eigenvalue weighted by Gasteiger charge is 1.90. The molecule has 0 radical (unpaired) electrons. The molecule has 0 aliphatic heterocycles. The van der Waals surface area contributed by atoms with Gasteiger partial charge in [0.25, 0.3) is 0 Å². The van der Waals surface area contributed by atoms with E-state index in [4.69, 9.17) is 9.47 Å². The van der Waals surface area contributed by atoms with Gasteiger partial charge in [-0.3, -0.25) is 0 Å². The molecule has 2 heteroatoms. The summed E-state index contributed by atoms with van der Waals surface area (Å²) >= 11 is 0. The molecule has 0 aromatic rings. The van der Waals surface area contributed by atoms with Crippen molar-refractivity contribution in [1.82, 2.24) is 0 Å². The number of rotatable bonds is 9. The number of ether oxygens (including phenoxy) is 2. The van der Waals surface area contributed by atoms with Crippen molar-refractivity contribution in [2.75, 3.05) is 27.4 Å². The van der Waals surface area contributed by atoms with Crippen molar-refractivity contribution in [3.63, 3.8) is 0 Å². The van der Waals surface area contributed by atoms with Crippen LogP contribution in [0.2, 0.25) is 0 Å². The molecule has 0 aromatic carbocycles. The SMILES string of the molecule is COCCCCCCCCOC. The van der Waals surface area contributed by atoms with Crippen LogP contribution in [0.1, 0.15) is 38.5 Å². The highest BCUT2D eigenvalue weighted by molar-refractivity contribution is 4.44. The summed E-state index contributed by atoms with van der Waals surface area (Å²) in [6.07, 6.45) is 7.71. The summed E-state index contributed by atoms with van der Waals surface area (Å²) in [7, 11) is 3.52. The van der Waals surface area contributed by atoms with Crippen molar-refractivity contribution >= 4 is 0 Å². The molecule has 0 saturated carbocycles. The standard InChI is InChI=1S/C10H22O2/c1-11-9-7-5-3-4-6-8-10-12-2/h3-10H2,1-2H3. The predicted octanol–water partition coefficient (Wildman–Crippen LogP) is 2.62. The summed E-state index contributed by atoms with van der Waals surface area (Å²) in [5, 5.41) is 0. The van der Waals surface area contributed by atoms with E-state index in [0.717, 1.165) is 13.2 Å². The molecule has 0 aliphatic rings. The van der Waals surface area contributed by atoms with Gasteiger partial charge in [0, 0.05) is 27.4 Å². The molecule has 0 atom stereocenters. The topological polar surface area (TPSA) is 18.5 Å². The Bertz CT molecular complexity index is 64.2. The summed E-state index contributed by atoms with van der Waals surface area (Å²) in [6, 6.07) is 0. The molecule has 12 heavy (non-hydrogen) atoms. The molecule has 0 rings (SSSR count). The molecule has 0 aliphatic carbocycles. The second-order valence-corrected chi connectivity index (χ2v) is 3.11. The molecule has 0 bridgehead atoms. The monoisotopic (exact) mass is 174 g/mol. The Morgan fingerprint density at radius 1 is 0.583 bits per heavy atom. The Morgan fingerprint density at radius 3 is 1.25 bits per heavy atom. The number of hydrogen-bond acceptors (Lipinski definition) is 2. The van der Waals surface area contributed by atoms with Crippen molar-refractivity contribution < 1.29 is 9.47 Å². The fraction of sp³-hybridized carbons (Fsp3) is 1.00. The van der Waals surface area contributed by atoms with Crippen molar-refractivity contribution in [2.24, 2.45) is 0 Å². The smallest absolute Gasteiger partial charge is 0.0462 e. The van der Waals surface area contributed by atoms with Crippen molar-refractivity contribution in [2.45, 2.75) is 38.5 Å². The molecule has 0 N–H and O–H groups in total. The van der Waals surface area contributed by atoms with E-state index in [1.54, 1.807) is 14.2 Å². The molecule has 0 amide bonds. The maximum absolute atomic E-state index is 4.97. The second-order valence-electron chi connectivity index (χ2n) is 3.11. The second kappa shape index (κ2) is 10.9. The average Bonchev–Trinajstić information content (AvgIpc) is 2.10. The van der Waals surface area contributed by atoms with Crippen molar-refractivity contribution in [3.8, 4) is 0 Å². The van der Waals surface area contributed by atoms with E-state index >= 15 is 0 Å². The van der Waals surface area contributed by atoms with Crippen LogP contribution in [0, 0.1) is 0 Å². The first-order valence-electron chi connectivity index (χ1n) is 4.89. The molecule has 0 aromatic heterocycles. The Hall–Kier alpha value is -0.0800. The van der Waals surface area contributed by atoms with E-state index in [2.05, 4.69) is 0 Å². The van der Waals surface area contributed by atoms with E-state index in [-0.39, 0.29) is 0 Å². The first-order chi connectivity index (χ1) is 5.91. The van der Waals surface area contributed by atoms with Crippen LogP contribution in [-0.2, 0) is 9.47 Å². The third kappa shape index (κ3) is 9.92. The molecule has 74 valence electrons. The van der Waals surface area contributed by atoms with Crippen LogP contribution in [0.25, 0.3) is 0 Å². The van der Waals surface area contributed by atoms with Gasteiger partial charge in [0.05, 0.1) is 0 Å². The number of methoxy groups -OCH3 is 2. The summed E-state index contributed by atoms with van der Waals surface area (Å²) < 4.78 is 9.93. The molecule has 0 fully saturated rings. The number of hydrogen-bond donors (Lipinski definition) is 0. The molecule has 2 nitrogen and oxygen atoms in total. The van der Waals surface area contributed by atoms with Gasteiger partial charge in [-0.25, -0.2) is 0 Å². The fourth-order valence-electron chi connectivity index (χ4n) is 1.20. The molecular weight excluding hydrogens is 152 g/mol. The van der Waals surface area contributed by atoms with Crippen LogP contribution in [-0.4, -0.2) is 27.4 Å². The minimum atomic E-state index is 0.915. The average molecular weight is 174 g/mol. The third-order valence-corrected chi connectivity index (χ3v) is 1.95. The minimum absolute atomic E-state index is 0.915. The van der Waals surface area contributed by atoms with E-state index in [1.165, 1.54) is 38.5 Å². The molecule has 0 saturated heterocycles. The van der Waals surface area contributed by atoms with Crippen molar-refractivity contribution in [3.05, 3.63) is 0 Å². The van der Waals surface area contributed by atoms with Crippen LogP contribution >= 0.6 is 0 Å². The molecular formula is C10H22O2. The minimum Gasteiger partial charge on any atom is -0.385 e. The summed E-state index contributed by atoms with van der Waals surface area (Å²) in [6.45, 7) is 1.83. The van der Waals surface area contributed by atoms with Gasteiger partial charge in [-0.2, -0.15) is 0 Å². The maximum atomic E-state index is 4.97. The maximum Gasteiger partial charge on any atom is 0.0462 e. The summed E-state index contributed by atoms with van der Waals surface area (Å²) in [5.74, 6) is 0. The van der Waals surface area contributed by atoms with E-state index in [1.807, 2.05) is 0 Å². The zero-order valence-electron chi connectivity index (χ0n) is 8.47. The third-order valence-electron chi connectivity index (χ3n) is 1.95. The predicted molar refractivity (Wildman–Crippen MR) is 51.5 cm³/mol. The zero-order chi connectivity index (χ0) is 9.07. The van der Waals surface area contributed by atoms with Gasteiger partial charge in [0.1, 0.15) is 0 Å². The largest absolute Gasteiger partial charge is 0.385 e.